The number of benzene rings is 2. The summed E-state index contributed by atoms with van der Waals surface area (Å²) in [6.07, 6.45) is -2.02. The van der Waals surface area contributed by atoms with E-state index in [4.69, 9.17) is 34.8 Å². The average molecular weight is 366 g/mol. The van der Waals surface area contributed by atoms with Crippen molar-refractivity contribution in [1.82, 2.24) is 0 Å². The van der Waals surface area contributed by atoms with Gasteiger partial charge in [0, 0.05) is 15.1 Å². The number of hydrogen-bond acceptors (Lipinski definition) is 0. The van der Waals surface area contributed by atoms with Gasteiger partial charge in [0.2, 0.25) is 0 Å². The third-order valence-corrected chi connectivity index (χ3v) is 3.60. The van der Waals surface area contributed by atoms with Crippen molar-refractivity contribution in [3.05, 3.63) is 74.7 Å². The lowest BCUT2D eigenvalue weighted by molar-refractivity contribution is -0.139. The first-order chi connectivity index (χ1) is 10.3. The fraction of sp³-hybridized carbons (Fsp3) is 0.125. The number of halogens is 6. The maximum Gasteiger partial charge on any atom is 0.399 e. The maximum absolute atomic E-state index is 13.3. The summed E-state index contributed by atoms with van der Waals surface area (Å²) in [4.78, 5) is 0. The summed E-state index contributed by atoms with van der Waals surface area (Å²) in [7, 11) is 0. The summed E-state index contributed by atoms with van der Waals surface area (Å²) in [6.45, 7) is 0. The van der Waals surface area contributed by atoms with Crippen LogP contribution in [0.2, 0.25) is 15.1 Å². The van der Waals surface area contributed by atoms with E-state index in [1.54, 1.807) is 24.3 Å². The van der Waals surface area contributed by atoms with Crippen molar-refractivity contribution >= 4 is 40.9 Å². The molecule has 0 aliphatic carbocycles. The van der Waals surface area contributed by atoms with Crippen LogP contribution in [0.4, 0.5) is 13.2 Å². The third kappa shape index (κ3) is 4.67. The van der Waals surface area contributed by atoms with Crippen LogP contribution in [0.25, 0.3) is 6.08 Å². The zero-order valence-corrected chi connectivity index (χ0v) is 13.3. The van der Waals surface area contributed by atoms with E-state index in [1.807, 2.05) is 0 Å². The summed E-state index contributed by atoms with van der Waals surface area (Å²) in [6, 6.07) is 10.5. The van der Waals surface area contributed by atoms with E-state index in [9.17, 15) is 13.2 Å². The zero-order chi connectivity index (χ0) is 16.3. The first-order valence-corrected chi connectivity index (χ1v) is 7.35. The molecule has 0 spiro atoms. The monoisotopic (exact) mass is 364 g/mol. The van der Waals surface area contributed by atoms with E-state index in [1.165, 1.54) is 24.3 Å². The minimum atomic E-state index is -4.46. The molecule has 1 atom stereocenters. The summed E-state index contributed by atoms with van der Waals surface area (Å²) in [5.74, 6) is -1.80. The van der Waals surface area contributed by atoms with Crippen LogP contribution in [0.1, 0.15) is 17.0 Å². The highest BCUT2D eigenvalue weighted by molar-refractivity contribution is 6.34. The Balaban J connectivity index is 2.39. The van der Waals surface area contributed by atoms with Gasteiger partial charge in [0.05, 0.1) is 5.92 Å². The molecule has 116 valence electrons. The molecule has 2 aromatic carbocycles. The highest BCUT2D eigenvalue weighted by atomic mass is 35.5. The summed E-state index contributed by atoms with van der Waals surface area (Å²) < 4.78 is 39.9. The molecule has 0 aromatic heterocycles. The first-order valence-electron chi connectivity index (χ1n) is 6.22. The van der Waals surface area contributed by atoms with Crippen LogP contribution < -0.4 is 0 Å². The van der Waals surface area contributed by atoms with Gasteiger partial charge in [0.25, 0.3) is 0 Å². The van der Waals surface area contributed by atoms with Gasteiger partial charge in [-0.25, -0.2) is 0 Å². The van der Waals surface area contributed by atoms with Crippen LogP contribution in [0, 0.1) is 0 Å². The lowest BCUT2D eigenvalue weighted by Crippen LogP contribution is -2.18. The van der Waals surface area contributed by atoms with Crippen molar-refractivity contribution < 1.29 is 13.2 Å². The highest BCUT2D eigenvalue weighted by Gasteiger charge is 2.39. The second kappa shape index (κ2) is 6.95. The second-order valence-corrected chi connectivity index (χ2v) is 5.95. The number of rotatable bonds is 3. The summed E-state index contributed by atoms with van der Waals surface area (Å²) in [5.41, 5.74) is 0.568. The fourth-order valence-electron chi connectivity index (χ4n) is 1.98. The van der Waals surface area contributed by atoms with Crippen molar-refractivity contribution in [3.8, 4) is 0 Å². The van der Waals surface area contributed by atoms with Gasteiger partial charge in [-0.3, -0.25) is 0 Å². The Morgan fingerprint density at radius 2 is 1.50 bits per heavy atom. The maximum atomic E-state index is 13.3. The zero-order valence-electron chi connectivity index (χ0n) is 11.0. The van der Waals surface area contributed by atoms with Gasteiger partial charge < -0.3 is 0 Å². The van der Waals surface area contributed by atoms with Gasteiger partial charge in [0.1, 0.15) is 0 Å². The molecule has 0 bridgehead atoms. The molecule has 6 heteroatoms. The molecular formula is C16H10Cl3F3. The molecule has 1 unspecified atom stereocenters. The van der Waals surface area contributed by atoms with Crippen molar-refractivity contribution in [1.29, 1.82) is 0 Å². The number of alkyl halides is 3. The molecule has 0 saturated heterocycles. The molecule has 2 aromatic rings. The van der Waals surface area contributed by atoms with Gasteiger partial charge in [-0.15, -0.1) is 0 Å². The summed E-state index contributed by atoms with van der Waals surface area (Å²) >= 11 is 17.4. The Labute approximate surface area is 141 Å². The lowest BCUT2D eigenvalue weighted by Gasteiger charge is -2.18. The molecule has 0 amide bonds. The molecule has 0 radical (unpaired) electrons. The van der Waals surface area contributed by atoms with Gasteiger partial charge in [-0.05, 0) is 41.5 Å². The van der Waals surface area contributed by atoms with Crippen LogP contribution in [0.3, 0.4) is 0 Å². The molecule has 0 nitrogen and oxygen atoms in total. The van der Waals surface area contributed by atoms with Crippen molar-refractivity contribution in [2.75, 3.05) is 0 Å². The molecule has 0 N–H and O–H groups in total. The second-order valence-electron chi connectivity index (χ2n) is 4.64. The van der Waals surface area contributed by atoms with Gasteiger partial charge >= 0.3 is 6.18 Å². The van der Waals surface area contributed by atoms with Crippen LogP contribution in [-0.2, 0) is 0 Å². The van der Waals surface area contributed by atoms with E-state index in [0.29, 0.717) is 10.6 Å². The van der Waals surface area contributed by atoms with Crippen LogP contribution in [0.5, 0.6) is 0 Å². The standard InChI is InChI=1S/C16H10Cl3F3/c17-12-3-1-2-10(6-12)4-5-15(16(20,21)22)11-7-13(18)9-14(19)8-11/h1-9,15H. The largest absolute Gasteiger partial charge is 0.399 e. The van der Waals surface area contributed by atoms with E-state index in [2.05, 4.69) is 0 Å². The molecule has 0 heterocycles. The predicted molar refractivity (Wildman–Crippen MR) is 85.7 cm³/mol. The quantitative estimate of drug-likeness (QED) is 0.549. The average Bonchev–Trinajstić information content (AvgIpc) is 2.36. The number of allylic oxidation sites excluding steroid dienone is 1. The smallest absolute Gasteiger partial charge is 0.170 e. The Morgan fingerprint density at radius 3 is 2.05 bits per heavy atom. The minimum absolute atomic E-state index is 0.0109. The Hall–Kier alpha value is -1.16. The SMILES string of the molecule is FC(F)(F)C(C=Cc1cccc(Cl)c1)c1cc(Cl)cc(Cl)c1. The first kappa shape index (κ1) is 17.2. The Kier molecular flexibility index (Phi) is 5.43. The molecule has 0 aliphatic heterocycles. The molecule has 0 aliphatic rings. The van der Waals surface area contributed by atoms with Crippen molar-refractivity contribution in [3.63, 3.8) is 0 Å². The van der Waals surface area contributed by atoms with Crippen LogP contribution in [-0.4, -0.2) is 6.18 Å². The van der Waals surface area contributed by atoms with E-state index < -0.39 is 12.1 Å². The topological polar surface area (TPSA) is 0 Å². The molecule has 2 rings (SSSR count). The highest BCUT2D eigenvalue weighted by Crippen LogP contribution is 2.38. The van der Waals surface area contributed by atoms with Crippen LogP contribution in [0.15, 0.2) is 48.5 Å². The fourth-order valence-corrected chi connectivity index (χ4v) is 2.72. The van der Waals surface area contributed by atoms with Crippen molar-refractivity contribution in [2.24, 2.45) is 0 Å². The van der Waals surface area contributed by atoms with Gasteiger partial charge in [-0.1, -0.05) is 59.1 Å². The molecule has 22 heavy (non-hydrogen) atoms. The van der Waals surface area contributed by atoms with Crippen molar-refractivity contribution in [2.45, 2.75) is 12.1 Å². The summed E-state index contributed by atoms with van der Waals surface area (Å²) in [5, 5.41) is 0.775. The normalized spacial score (nSPS) is 13.5. The van der Waals surface area contributed by atoms with E-state index in [0.717, 1.165) is 6.08 Å². The number of hydrogen-bond donors (Lipinski definition) is 0. The molecule has 0 fully saturated rings. The predicted octanol–water partition coefficient (Wildman–Crippen LogP) is 7.01. The molecule has 0 saturated carbocycles. The minimum Gasteiger partial charge on any atom is -0.170 e. The Bertz CT molecular complexity index is 673. The van der Waals surface area contributed by atoms with Crippen LogP contribution >= 0.6 is 34.8 Å². The molecular weight excluding hydrogens is 356 g/mol. The Morgan fingerprint density at radius 1 is 0.864 bits per heavy atom. The van der Waals surface area contributed by atoms with Gasteiger partial charge in [-0.2, -0.15) is 13.2 Å². The van der Waals surface area contributed by atoms with E-state index in [-0.39, 0.29) is 15.6 Å². The van der Waals surface area contributed by atoms with E-state index >= 15 is 0 Å². The third-order valence-electron chi connectivity index (χ3n) is 2.93. The lowest BCUT2D eigenvalue weighted by atomic mass is 9.97. The van der Waals surface area contributed by atoms with Gasteiger partial charge in [0.15, 0.2) is 0 Å².